The molecule has 0 atom stereocenters. The maximum atomic E-state index is 11.9. The summed E-state index contributed by atoms with van der Waals surface area (Å²) < 4.78 is 0. The molecule has 0 aliphatic carbocycles. The molecule has 0 radical (unpaired) electrons. The van der Waals surface area contributed by atoms with Gasteiger partial charge in [-0.1, -0.05) is 11.6 Å². The lowest BCUT2D eigenvalue weighted by atomic mass is 10.2. The van der Waals surface area contributed by atoms with Crippen LogP contribution in [-0.4, -0.2) is 16.0 Å². The highest BCUT2D eigenvalue weighted by molar-refractivity contribution is 6.30. The van der Waals surface area contributed by atoms with Crippen molar-refractivity contribution < 1.29 is 9.90 Å². The first-order valence-electron chi connectivity index (χ1n) is 5.29. The van der Waals surface area contributed by atoms with Crippen molar-refractivity contribution in [2.45, 2.75) is 6.92 Å². The summed E-state index contributed by atoms with van der Waals surface area (Å²) in [6, 6.07) is 7.89. The number of phenols is 1. The summed E-state index contributed by atoms with van der Waals surface area (Å²) >= 11 is 5.70. The number of phenolic OH excluding ortho intramolecular Hbond substituents is 1. The first kappa shape index (κ1) is 12.4. The van der Waals surface area contributed by atoms with Crippen molar-refractivity contribution in [3.05, 3.63) is 52.7 Å². The van der Waals surface area contributed by atoms with Gasteiger partial charge in [0.1, 0.15) is 11.6 Å². The molecule has 2 aromatic rings. The van der Waals surface area contributed by atoms with Crippen LogP contribution in [0.5, 0.6) is 5.75 Å². The summed E-state index contributed by atoms with van der Waals surface area (Å²) in [5.41, 5.74) is 1.14. The predicted molar refractivity (Wildman–Crippen MR) is 70.0 cm³/mol. The molecule has 0 bridgehead atoms. The topological polar surface area (TPSA) is 62.2 Å². The molecule has 1 heterocycles. The molecule has 0 fully saturated rings. The maximum absolute atomic E-state index is 11.9. The maximum Gasteiger partial charge on any atom is 0.260 e. The Labute approximate surface area is 109 Å². The third-order valence-electron chi connectivity index (χ3n) is 2.36. The van der Waals surface area contributed by atoms with Gasteiger partial charge in [-0.15, -0.1) is 0 Å². The van der Waals surface area contributed by atoms with Crippen LogP contribution in [0.3, 0.4) is 0 Å². The van der Waals surface area contributed by atoms with Gasteiger partial charge < -0.3 is 10.4 Å². The van der Waals surface area contributed by atoms with Gasteiger partial charge in [-0.2, -0.15) is 0 Å². The van der Waals surface area contributed by atoms with Gasteiger partial charge >= 0.3 is 0 Å². The average molecular weight is 263 g/mol. The molecule has 92 valence electrons. The average Bonchev–Trinajstić information content (AvgIpc) is 2.28. The standard InChI is InChI=1S/C13H11ClN2O2/c1-8-4-5-15-12(6-8)16-13(18)10-3-2-9(14)7-11(10)17/h2-7,17H,1H3,(H,15,16,18). The Balaban J connectivity index is 2.22. The number of aryl methyl sites for hydroxylation is 1. The van der Waals surface area contributed by atoms with Crippen molar-refractivity contribution in [3.8, 4) is 5.75 Å². The summed E-state index contributed by atoms with van der Waals surface area (Å²) in [5.74, 6) is -0.149. The first-order chi connectivity index (χ1) is 8.56. The zero-order chi connectivity index (χ0) is 13.1. The van der Waals surface area contributed by atoms with Crippen LogP contribution in [0.2, 0.25) is 5.02 Å². The highest BCUT2D eigenvalue weighted by Gasteiger charge is 2.12. The van der Waals surface area contributed by atoms with E-state index in [9.17, 15) is 9.90 Å². The second-order valence-corrected chi connectivity index (χ2v) is 4.27. The molecule has 18 heavy (non-hydrogen) atoms. The fraction of sp³-hybridized carbons (Fsp3) is 0.0769. The fourth-order valence-corrected chi connectivity index (χ4v) is 1.65. The molecule has 0 spiro atoms. The lowest BCUT2D eigenvalue weighted by molar-refractivity contribution is 0.102. The Hall–Kier alpha value is -2.07. The van der Waals surface area contributed by atoms with Crippen LogP contribution in [0.15, 0.2) is 36.5 Å². The van der Waals surface area contributed by atoms with E-state index in [2.05, 4.69) is 10.3 Å². The number of pyridine rings is 1. The van der Waals surface area contributed by atoms with Gasteiger partial charge in [-0.05, 0) is 42.8 Å². The predicted octanol–water partition coefficient (Wildman–Crippen LogP) is 3.00. The van der Waals surface area contributed by atoms with Gasteiger partial charge in [0.25, 0.3) is 5.91 Å². The number of halogens is 1. The molecule has 5 heteroatoms. The van der Waals surface area contributed by atoms with E-state index in [-0.39, 0.29) is 11.3 Å². The van der Waals surface area contributed by atoms with E-state index in [4.69, 9.17) is 11.6 Å². The lowest BCUT2D eigenvalue weighted by Gasteiger charge is -2.06. The number of rotatable bonds is 2. The van der Waals surface area contributed by atoms with E-state index < -0.39 is 5.91 Å². The highest BCUT2D eigenvalue weighted by atomic mass is 35.5. The summed E-state index contributed by atoms with van der Waals surface area (Å²) in [6.45, 7) is 1.90. The number of nitrogens with zero attached hydrogens (tertiary/aromatic N) is 1. The van der Waals surface area contributed by atoms with Crippen LogP contribution in [0.4, 0.5) is 5.82 Å². The molecule has 4 nitrogen and oxygen atoms in total. The minimum absolute atomic E-state index is 0.155. The number of carbonyl (C=O) groups is 1. The fourth-order valence-electron chi connectivity index (χ4n) is 1.48. The molecule has 1 aromatic heterocycles. The summed E-state index contributed by atoms with van der Waals surface area (Å²) in [5, 5.41) is 12.6. The number of carbonyl (C=O) groups excluding carboxylic acids is 1. The van der Waals surface area contributed by atoms with Crippen LogP contribution >= 0.6 is 11.6 Å². The number of amides is 1. The number of benzene rings is 1. The second kappa shape index (κ2) is 5.06. The SMILES string of the molecule is Cc1ccnc(NC(=O)c2ccc(Cl)cc2O)c1. The van der Waals surface area contributed by atoms with E-state index in [0.29, 0.717) is 10.8 Å². The molecule has 0 saturated carbocycles. The van der Waals surface area contributed by atoms with E-state index >= 15 is 0 Å². The zero-order valence-corrected chi connectivity index (χ0v) is 10.4. The van der Waals surface area contributed by atoms with E-state index in [1.165, 1.54) is 12.1 Å². The van der Waals surface area contributed by atoms with E-state index in [1.807, 2.05) is 13.0 Å². The molecule has 1 amide bonds. The minimum atomic E-state index is -0.428. The van der Waals surface area contributed by atoms with Crippen LogP contribution in [0.25, 0.3) is 0 Å². The van der Waals surface area contributed by atoms with Crippen LogP contribution < -0.4 is 5.32 Å². The summed E-state index contributed by atoms with van der Waals surface area (Å²) in [7, 11) is 0. The molecule has 1 aromatic carbocycles. The number of anilines is 1. The molecule has 0 aliphatic heterocycles. The van der Waals surface area contributed by atoms with Crippen molar-refractivity contribution in [2.75, 3.05) is 5.32 Å². The first-order valence-corrected chi connectivity index (χ1v) is 5.66. The van der Waals surface area contributed by atoms with Crippen molar-refractivity contribution in [1.29, 1.82) is 0 Å². The smallest absolute Gasteiger partial charge is 0.260 e. The molecule has 0 aliphatic rings. The molecule has 2 N–H and O–H groups in total. The van der Waals surface area contributed by atoms with Gasteiger partial charge in [0.05, 0.1) is 5.56 Å². The van der Waals surface area contributed by atoms with Gasteiger partial charge in [-0.25, -0.2) is 4.98 Å². The monoisotopic (exact) mass is 262 g/mol. The van der Waals surface area contributed by atoms with Gasteiger partial charge in [0, 0.05) is 11.2 Å². The normalized spacial score (nSPS) is 10.1. The van der Waals surface area contributed by atoms with Gasteiger partial charge in [0.2, 0.25) is 0 Å². The van der Waals surface area contributed by atoms with Crippen molar-refractivity contribution in [2.24, 2.45) is 0 Å². The number of hydrogen-bond acceptors (Lipinski definition) is 3. The minimum Gasteiger partial charge on any atom is -0.507 e. The second-order valence-electron chi connectivity index (χ2n) is 3.83. The quantitative estimate of drug-likeness (QED) is 0.875. The number of hydrogen-bond donors (Lipinski definition) is 2. The third kappa shape index (κ3) is 2.78. The lowest BCUT2D eigenvalue weighted by Crippen LogP contribution is -2.13. The Bertz CT molecular complexity index is 599. The van der Waals surface area contributed by atoms with Crippen molar-refractivity contribution >= 4 is 23.3 Å². The summed E-state index contributed by atoms with van der Waals surface area (Å²) in [4.78, 5) is 15.9. The van der Waals surface area contributed by atoms with Crippen molar-refractivity contribution in [3.63, 3.8) is 0 Å². The molecule has 0 saturated heterocycles. The van der Waals surface area contributed by atoms with E-state index in [0.717, 1.165) is 5.56 Å². The van der Waals surface area contributed by atoms with E-state index in [1.54, 1.807) is 18.3 Å². The highest BCUT2D eigenvalue weighted by Crippen LogP contribution is 2.22. The molecular formula is C13H11ClN2O2. The number of aromatic hydroxyl groups is 1. The molecule has 2 rings (SSSR count). The Morgan fingerprint density at radius 1 is 1.33 bits per heavy atom. The summed E-state index contributed by atoms with van der Waals surface area (Å²) in [6.07, 6.45) is 1.60. The van der Waals surface area contributed by atoms with Crippen LogP contribution in [0.1, 0.15) is 15.9 Å². The number of aromatic nitrogens is 1. The Morgan fingerprint density at radius 3 is 2.78 bits per heavy atom. The van der Waals surface area contributed by atoms with Crippen LogP contribution in [0, 0.1) is 6.92 Å². The third-order valence-corrected chi connectivity index (χ3v) is 2.60. The van der Waals surface area contributed by atoms with Crippen LogP contribution in [-0.2, 0) is 0 Å². The number of nitrogens with one attached hydrogen (secondary N) is 1. The van der Waals surface area contributed by atoms with Gasteiger partial charge in [0.15, 0.2) is 0 Å². The largest absolute Gasteiger partial charge is 0.507 e. The Morgan fingerprint density at radius 2 is 2.11 bits per heavy atom. The Kier molecular flexibility index (Phi) is 3.48. The van der Waals surface area contributed by atoms with Crippen molar-refractivity contribution in [1.82, 2.24) is 4.98 Å². The molecular weight excluding hydrogens is 252 g/mol. The molecule has 0 unspecified atom stereocenters. The van der Waals surface area contributed by atoms with Gasteiger partial charge in [-0.3, -0.25) is 4.79 Å². The zero-order valence-electron chi connectivity index (χ0n) is 9.64.